The summed E-state index contributed by atoms with van der Waals surface area (Å²) in [7, 11) is 0. The molecule has 0 bridgehead atoms. The van der Waals surface area contributed by atoms with E-state index in [9.17, 15) is 19.2 Å². The second-order valence-electron chi connectivity index (χ2n) is 9.27. The van der Waals surface area contributed by atoms with Gasteiger partial charge in [0, 0.05) is 18.7 Å². The summed E-state index contributed by atoms with van der Waals surface area (Å²) in [6.45, 7) is 4.46. The summed E-state index contributed by atoms with van der Waals surface area (Å²) in [5, 5.41) is 5.55. The number of piperidine rings is 2. The molecule has 0 radical (unpaired) electrons. The maximum atomic E-state index is 13.1. The smallest absolute Gasteiger partial charge is 0.264 e. The van der Waals surface area contributed by atoms with Crippen molar-refractivity contribution >= 4 is 29.3 Å². The fraction of sp³-hybridized carbons (Fsp3) is 0.600. The van der Waals surface area contributed by atoms with Crippen LogP contribution in [0.5, 0.6) is 0 Å². The third-order valence-corrected chi connectivity index (χ3v) is 6.88. The molecular formula is C25H34N4O4. The van der Waals surface area contributed by atoms with Crippen molar-refractivity contribution in [2.45, 2.75) is 70.3 Å². The highest BCUT2D eigenvalue weighted by Crippen LogP contribution is 2.32. The largest absolute Gasteiger partial charge is 0.384 e. The molecule has 8 heteroatoms. The molecule has 2 N–H and O–H groups in total. The molecule has 0 saturated carbocycles. The fourth-order valence-electron chi connectivity index (χ4n) is 5.06. The Bertz CT molecular complexity index is 910. The number of carbonyl (C=O) groups is 4. The molecule has 2 fully saturated rings. The number of carbonyl (C=O) groups excluding carboxylic acids is 4. The molecule has 0 aliphatic carbocycles. The average molecular weight is 455 g/mol. The van der Waals surface area contributed by atoms with Crippen LogP contribution in [0.1, 0.15) is 84.9 Å². The molecule has 1 aromatic carbocycles. The lowest BCUT2D eigenvalue weighted by molar-refractivity contribution is -0.136. The quantitative estimate of drug-likeness (QED) is 0.417. The van der Waals surface area contributed by atoms with Gasteiger partial charge in [0.15, 0.2) is 0 Å². The van der Waals surface area contributed by atoms with Crippen LogP contribution in [0.3, 0.4) is 0 Å². The van der Waals surface area contributed by atoms with E-state index in [2.05, 4.69) is 15.5 Å². The van der Waals surface area contributed by atoms with Gasteiger partial charge in [-0.3, -0.25) is 29.4 Å². The molecule has 4 rings (SSSR count). The molecule has 0 aromatic heterocycles. The van der Waals surface area contributed by atoms with Crippen LogP contribution in [0.4, 0.5) is 5.69 Å². The molecule has 3 aliphatic rings. The minimum absolute atomic E-state index is 0.118. The van der Waals surface area contributed by atoms with Gasteiger partial charge in [0.05, 0.1) is 11.1 Å². The number of likely N-dealkylation sites (tertiary alicyclic amines) is 1. The van der Waals surface area contributed by atoms with Gasteiger partial charge in [-0.05, 0) is 63.9 Å². The van der Waals surface area contributed by atoms with Crippen molar-refractivity contribution in [3.05, 3.63) is 29.3 Å². The van der Waals surface area contributed by atoms with E-state index in [0.29, 0.717) is 16.8 Å². The van der Waals surface area contributed by atoms with Gasteiger partial charge in [-0.15, -0.1) is 0 Å². The molecular weight excluding hydrogens is 420 g/mol. The van der Waals surface area contributed by atoms with E-state index in [1.165, 1.54) is 58.2 Å². The monoisotopic (exact) mass is 454 g/mol. The van der Waals surface area contributed by atoms with Gasteiger partial charge in [-0.1, -0.05) is 31.7 Å². The molecule has 2 saturated heterocycles. The normalized spacial score (nSPS) is 21.3. The highest BCUT2D eigenvalue weighted by atomic mass is 16.2. The standard InChI is InChI=1S/C25H34N4O4/c30-21-13-12-20(23(31)27-21)29-24(32)18-10-9-11-19(22(18)25(29)33)26-14-5-2-1-3-6-15-28-16-7-4-8-17-28/h9-11,20,26H,1-8,12-17H2,(H,27,30,31). The van der Waals surface area contributed by atoms with Crippen LogP contribution < -0.4 is 10.6 Å². The summed E-state index contributed by atoms with van der Waals surface area (Å²) in [5.41, 5.74) is 1.27. The van der Waals surface area contributed by atoms with Crippen LogP contribution in [0.15, 0.2) is 18.2 Å². The van der Waals surface area contributed by atoms with E-state index >= 15 is 0 Å². The molecule has 3 aliphatic heterocycles. The molecule has 1 unspecified atom stereocenters. The lowest BCUT2D eigenvalue weighted by atomic mass is 10.0. The van der Waals surface area contributed by atoms with Crippen molar-refractivity contribution in [3.8, 4) is 0 Å². The molecule has 1 aromatic rings. The first-order valence-corrected chi connectivity index (χ1v) is 12.4. The Labute approximate surface area is 195 Å². The number of hydrogen-bond donors (Lipinski definition) is 2. The lowest BCUT2D eigenvalue weighted by Gasteiger charge is -2.27. The number of benzene rings is 1. The van der Waals surface area contributed by atoms with Crippen molar-refractivity contribution in [1.29, 1.82) is 0 Å². The first-order valence-electron chi connectivity index (χ1n) is 12.4. The molecule has 33 heavy (non-hydrogen) atoms. The van der Waals surface area contributed by atoms with E-state index in [4.69, 9.17) is 0 Å². The third-order valence-electron chi connectivity index (χ3n) is 6.88. The van der Waals surface area contributed by atoms with Crippen LogP contribution in [-0.2, 0) is 9.59 Å². The van der Waals surface area contributed by atoms with Crippen molar-refractivity contribution in [3.63, 3.8) is 0 Å². The first kappa shape index (κ1) is 23.4. The van der Waals surface area contributed by atoms with Crippen molar-refractivity contribution in [2.75, 3.05) is 31.5 Å². The van der Waals surface area contributed by atoms with E-state index in [1.807, 2.05) is 0 Å². The molecule has 0 spiro atoms. The van der Waals surface area contributed by atoms with Crippen LogP contribution in [0, 0.1) is 0 Å². The number of anilines is 1. The number of hydrogen-bond acceptors (Lipinski definition) is 6. The van der Waals surface area contributed by atoms with E-state index in [0.717, 1.165) is 24.3 Å². The Morgan fingerprint density at radius 1 is 0.909 bits per heavy atom. The zero-order chi connectivity index (χ0) is 23.2. The molecule has 4 amide bonds. The minimum atomic E-state index is -0.937. The summed E-state index contributed by atoms with van der Waals surface area (Å²) in [5.74, 6) is -1.90. The molecule has 178 valence electrons. The van der Waals surface area contributed by atoms with E-state index < -0.39 is 23.8 Å². The lowest BCUT2D eigenvalue weighted by Crippen LogP contribution is -2.54. The molecule has 8 nitrogen and oxygen atoms in total. The highest BCUT2D eigenvalue weighted by molar-refractivity contribution is 6.25. The Morgan fingerprint density at radius 2 is 1.67 bits per heavy atom. The topological polar surface area (TPSA) is 98.8 Å². The number of fused-ring (bicyclic) bond motifs is 1. The van der Waals surface area contributed by atoms with E-state index in [1.54, 1.807) is 18.2 Å². The Hall–Kier alpha value is -2.74. The van der Waals surface area contributed by atoms with Gasteiger partial charge >= 0.3 is 0 Å². The number of unbranched alkanes of at least 4 members (excludes halogenated alkanes) is 4. The second kappa shape index (κ2) is 10.9. The van der Waals surface area contributed by atoms with Gasteiger partial charge in [0.25, 0.3) is 11.8 Å². The predicted molar refractivity (Wildman–Crippen MR) is 125 cm³/mol. The Morgan fingerprint density at radius 3 is 2.45 bits per heavy atom. The van der Waals surface area contributed by atoms with Gasteiger partial charge in [0.1, 0.15) is 6.04 Å². The minimum Gasteiger partial charge on any atom is -0.384 e. The number of rotatable bonds is 10. The zero-order valence-corrected chi connectivity index (χ0v) is 19.2. The Kier molecular flexibility index (Phi) is 7.75. The van der Waals surface area contributed by atoms with Crippen molar-refractivity contribution in [2.24, 2.45) is 0 Å². The molecule has 3 heterocycles. The summed E-state index contributed by atoms with van der Waals surface area (Å²) in [4.78, 5) is 53.2. The number of nitrogens with zero attached hydrogens (tertiary/aromatic N) is 2. The average Bonchev–Trinajstić information content (AvgIpc) is 3.07. The van der Waals surface area contributed by atoms with Crippen LogP contribution in [-0.4, -0.2) is 65.6 Å². The SMILES string of the molecule is O=C1CCC(N2C(=O)c3cccc(NCCCCCCCN4CCCCC4)c3C2=O)C(=O)N1. The maximum Gasteiger partial charge on any atom is 0.264 e. The summed E-state index contributed by atoms with van der Waals surface area (Å²) < 4.78 is 0. The fourth-order valence-corrected chi connectivity index (χ4v) is 5.06. The van der Waals surface area contributed by atoms with Crippen LogP contribution in [0.25, 0.3) is 0 Å². The predicted octanol–water partition coefficient (Wildman–Crippen LogP) is 2.94. The molecule has 1 atom stereocenters. The Balaban J connectivity index is 1.24. The third kappa shape index (κ3) is 5.43. The summed E-state index contributed by atoms with van der Waals surface area (Å²) in [6.07, 6.45) is 10.2. The summed E-state index contributed by atoms with van der Waals surface area (Å²) in [6, 6.07) is 4.24. The second-order valence-corrected chi connectivity index (χ2v) is 9.27. The number of nitrogens with one attached hydrogen (secondary N) is 2. The van der Waals surface area contributed by atoms with Gasteiger partial charge in [-0.25, -0.2) is 0 Å². The first-order chi connectivity index (χ1) is 16.1. The zero-order valence-electron chi connectivity index (χ0n) is 19.2. The van der Waals surface area contributed by atoms with Crippen molar-refractivity contribution in [1.82, 2.24) is 15.1 Å². The number of amides is 4. The number of imide groups is 2. The summed E-state index contributed by atoms with van der Waals surface area (Å²) >= 11 is 0. The van der Waals surface area contributed by atoms with Crippen LogP contribution in [0.2, 0.25) is 0 Å². The van der Waals surface area contributed by atoms with Gasteiger partial charge < -0.3 is 10.2 Å². The maximum absolute atomic E-state index is 13.1. The van der Waals surface area contributed by atoms with Crippen molar-refractivity contribution < 1.29 is 19.2 Å². The van der Waals surface area contributed by atoms with E-state index in [-0.39, 0.29) is 18.7 Å². The van der Waals surface area contributed by atoms with Crippen LogP contribution >= 0.6 is 0 Å². The highest BCUT2D eigenvalue weighted by Gasteiger charge is 2.45. The van der Waals surface area contributed by atoms with Gasteiger partial charge in [-0.2, -0.15) is 0 Å². The van der Waals surface area contributed by atoms with Gasteiger partial charge in [0.2, 0.25) is 11.8 Å².